The lowest BCUT2D eigenvalue weighted by Gasteiger charge is -2.09. The highest BCUT2D eigenvalue weighted by Gasteiger charge is 2.07. The van der Waals surface area contributed by atoms with E-state index in [1.54, 1.807) is 11.3 Å². The molecule has 1 aromatic heterocycles. The molecule has 0 saturated heterocycles. The van der Waals surface area contributed by atoms with E-state index in [-0.39, 0.29) is 0 Å². The third-order valence-corrected chi connectivity index (χ3v) is 2.66. The van der Waals surface area contributed by atoms with E-state index in [0.29, 0.717) is 6.04 Å². The van der Waals surface area contributed by atoms with E-state index in [0.717, 1.165) is 0 Å². The molecule has 1 rings (SSSR count). The third-order valence-electron chi connectivity index (χ3n) is 1.78. The van der Waals surface area contributed by atoms with Gasteiger partial charge in [0.05, 0.1) is 6.04 Å². The predicted octanol–water partition coefficient (Wildman–Crippen LogP) is 2.50. The number of nitrogens with one attached hydrogen (secondary N) is 1. The van der Waals surface area contributed by atoms with Crippen LogP contribution < -0.4 is 5.32 Å². The van der Waals surface area contributed by atoms with Crippen molar-refractivity contribution in [3.63, 3.8) is 0 Å². The van der Waals surface area contributed by atoms with Gasteiger partial charge in [-0.15, -0.1) is 6.58 Å². The van der Waals surface area contributed by atoms with Crippen LogP contribution >= 0.6 is 11.3 Å². The molecule has 1 N–H and O–H groups in total. The van der Waals surface area contributed by atoms with E-state index in [1.807, 2.05) is 13.1 Å². The van der Waals surface area contributed by atoms with Crippen molar-refractivity contribution in [1.82, 2.24) is 5.32 Å². The molecule has 1 nitrogen and oxygen atoms in total. The van der Waals surface area contributed by atoms with E-state index >= 15 is 0 Å². The molecular formula is C9H13NS. The van der Waals surface area contributed by atoms with Crippen LogP contribution in [0.15, 0.2) is 23.4 Å². The van der Waals surface area contributed by atoms with Crippen LogP contribution in [0.5, 0.6) is 0 Å². The van der Waals surface area contributed by atoms with Gasteiger partial charge in [-0.25, -0.2) is 0 Å². The van der Waals surface area contributed by atoms with Crippen LogP contribution in [0.4, 0.5) is 0 Å². The molecule has 0 bridgehead atoms. The fraction of sp³-hybridized carbons (Fsp3) is 0.333. The van der Waals surface area contributed by atoms with E-state index in [4.69, 9.17) is 0 Å². The van der Waals surface area contributed by atoms with Crippen LogP contribution in [0.1, 0.15) is 17.2 Å². The maximum Gasteiger partial charge on any atom is 0.0512 e. The van der Waals surface area contributed by atoms with Crippen LogP contribution in [0.3, 0.4) is 0 Å². The van der Waals surface area contributed by atoms with E-state index in [2.05, 4.69) is 29.6 Å². The molecule has 0 aliphatic carbocycles. The average Bonchev–Trinajstić information content (AvgIpc) is 2.40. The second-order valence-corrected chi connectivity index (χ2v) is 3.26. The molecule has 0 saturated carbocycles. The first-order valence-electron chi connectivity index (χ1n) is 3.62. The van der Waals surface area contributed by atoms with Gasteiger partial charge in [-0.1, -0.05) is 6.08 Å². The lowest BCUT2D eigenvalue weighted by Crippen LogP contribution is -2.13. The zero-order valence-corrected chi connectivity index (χ0v) is 7.74. The summed E-state index contributed by atoms with van der Waals surface area (Å²) in [6, 6.07) is 0.307. The highest BCUT2D eigenvalue weighted by Crippen LogP contribution is 2.21. The van der Waals surface area contributed by atoms with Crippen molar-refractivity contribution >= 4 is 11.3 Å². The van der Waals surface area contributed by atoms with Gasteiger partial charge < -0.3 is 5.32 Å². The monoisotopic (exact) mass is 167 g/mol. The lowest BCUT2D eigenvalue weighted by atomic mass is 10.1. The molecule has 0 aliphatic rings. The Labute approximate surface area is 71.8 Å². The summed E-state index contributed by atoms with van der Waals surface area (Å²) in [5.74, 6) is 0. The first-order chi connectivity index (χ1) is 5.29. The maximum absolute atomic E-state index is 3.77. The Bertz CT molecular complexity index is 239. The van der Waals surface area contributed by atoms with Gasteiger partial charge in [0, 0.05) is 0 Å². The summed E-state index contributed by atoms with van der Waals surface area (Å²) in [4.78, 5) is 0. The average molecular weight is 167 g/mol. The summed E-state index contributed by atoms with van der Waals surface area (Å²) in [5.41, 5.74) is 2.68. The van der Waals surface area contributed by atoms with Gasteiger partial charge in [-0.05, 0) is 35.9 Å². The summed E-state index contributed by atoms with van der Waals surface area (Å²) in [6.45, 7) is 5.90. The number of hydrogen-bond donors (Lipinski definition) is 1. The second kappa shape index (κ2) is 3.69. The van der Waals surface area contributed by atoms with Crippen molar-refractivity contribution in [2.45, 2.75) is 13.0 Å². The number of likely N-dealkylation sites (N-methyl/N-ethyl adjacent to an activating group) is 1. The molecule has 0 spiro atoms. The fourth-order valence-electron chi connectivity index (χ4n) is 1.09. The van der Waals surface area contributed by atoms with Crippen molar-refractivity contribution < 1.29 is 0 Å². The van der Waals surface area contributed by atoms with Gasteiger partial charge in [0.25, 0.3) is 0 Å². The lowest BCUT2D eigenvalue weighted by molar-refractivity contribution is 0.715. The normalized spacial score (nSPS) is 12.9. The van der Waals surface area contributed by atoms with E-state index in [9.17, 15) is 0 Å². The van der Waals surface area contributed by atoms with Crippen molar-refractivity contribution in [2.75, 3.05) is 7.05 Å². The molecule has 0 radical (unpaired) electrons. The van der Waals surface area contributed by atoms with Crippen LogP contribution in [-0.2, 0) is 0 Å². The van der Waals surface area contributed by atoms with Crippen molar-refractivity contribution in [2.24, 2.45) is 0 Å². The molecule has 11 heavy (non-hydrogen) atoms. The van der Waals surface area contributed by atoms with E-state index in [1.165, 1.54) is 11.1 Å². The third kappa shape index (κ3) is 1.70. The summed E-state index contributed by atoms with van der Waals surface area (Å²) in [7, 11) is 1.95. The first kappa shape index (κ1) is 8.50. The standard InChI is InChI=1S/C9H13NS/c1-4-9(10-3)8-6-11-5-7(8)2/h4-6,9-10H,1H2,2-3H3. The zero-order valence-electron chi connectivity index (χ0n) is 6.92. The molecule has 1 heterocycles. The Hall–Kier alpha value is -0.600. The maximum atomic E-state index is 3.77. The minimum Gasteiger partial charge on any atom is -0.310 e. The smallest absolute Gasteiger partial charge is 0.0512 e. The largest absolute Gasteiger partial charge is 0.310 e. The Morgan fingerprint density at radius 2 is 2.36 bits per heavy atom. The van der Waals surface area contributed by atoms with Crippen LogP contribution in [-0.4, -0.2) is 7.05 Å². The van der Waals surface area contributed by atoms with Crippen molar-refractivity contribution in [1.29, 1.82) is 0 Å². The van der Waals surface area contributed by atoms with Crippen molar-refractivity contribution in [3.05, 3.63) is 34.5 Å². The number of hydrogen-bond acceptors (Lipinski definition) is 2. The fourth-order valence-corrected chi connectivity index (χ4v) is 1.98. The molecule has 1 unspecified atom stereocenters. The Morgan fingerprint density at radius 3 is 2.73 bits per heavy atom. The van der Waals surface area contributed by atoms with Crippen LogP contribution in [0.2, 0.25) is 0 Å². The molecule has 0 amide bonds. The van der Waals surface area contributed by atoms with Gasteiger partial charge >= 0.3 is 0 Å². The SMILES string of the molecule is C=CC(NC)c1cscc1C. The second-order valence-electron chi connectivity index (χ2n) is 2.51. The molecule has 0 aromatic carbocycles. The van der Waals surface area contributed by atoms with Gasteiger partial charge in [0.15, 0.2) is 0 Å². The van der Waals surface area contributed by atoms with Gasteiger partial charge in [-0.2, -0.15) is 11.3 Å². The molecule has 1 aromatic rings. The van der Waals surface area contributed by atoms with Gasteiger partial charge in [0.2, 0.25) is 0 Å². The molecule has 60 valence electrons. The molecule has 0 fully saturated rings. The highest BCUT2D eigenvalue weighted by molar-refractivity contribution is 7.08. The van der Waals surface area contributed by atoms with Crippen molar-refractivity contribution in [3.8, 4) is 0 Å². The molecule has 0 aliphatic heterocycles. The minimum atomic E-state index is 0.307. The highest BCUT2D eigenvalue weighted by atomic mass is 32.1. The summed E-state index contributed by atoms with van der Waals surface area (Å²) in [6.07, 6.45) is 1.93. The Kier molecular flexibility index (Phi) is 2.85. The van der Waals surface area contributed by atoms with Gasteiger partial charge in [-0.3, -0.25) is 0 Å². The van der Waals surface area contributed by atoms with Crippen LogP contribution in [0.25, 0.3) is 0 Å². The predicted molar refractivity (Wildman–Crippen MR) is 51.1 cm³/mol. The Balaban J connectivity index is 2.89. The van der Waals surface area contributed by atoms with Crippen LogP contribution in [0, 0.1) is 6.92 Å². The molecular weight excluding hydrogens is 154 g/mol. The molecule has 1 atom stereocenters. The summed E-state index contributed by atoms with van der Waals surface area (Å²) in [5, 5.41) is 7.50. The summed E-state index contributed by atoms with van der Waals surface area (Å²) >= 11 is 1.74. The minimum absolute atomic E-state index is 0.307. The van der Waals surface area contributed by atoms with Gasteiger partial charge in [0.1, 0.15) is 0 Å². The topological polar surface area (TPSA) is 12.0 Å². The first-order valence-corrected chi connectivity index (χ1v) is 4.56. The Morgan fingerprint density at radius 1 is 1.64 bits per heavy atom. The van der Waals surface area contributed by atoms with E-state index < -0.39 is 0 Å². The molecule has 2 heteroatoms. The number of aryl methyl sites for hydroxylation is 1. The number of rotatable bonds is 3. The quantitative estimate of drug-likeness (QED) is 0.682. The zero-order chi connectivity index (χ0) is 8.27. The number of thiophene rings is 1. The summed E-state index contributed by atoms with van der Waals surface area (Å²) < 4.78 is 0.